The summed E-state index contributed by atoms with van der Waals surface area (Å²) in [6.07, 6.45) is 5.75. The van der Waals surface area contributed by atoms with Crippen molar-refractivity contribution in [1.29, 1.82) is 0 Å². The molecule has 0 fully saturated rings. The first-order valence-corrected chi connectivity index (χ1v) is 5.93. The van der Waals surface area contributed by atoms with Gasteiger partial charge >= 0.3 is 0 Å². The molecule has 1 heterocycles. The number of hydrogen-bond donors (Lipinski definition) is 0. The van der Waals surface area contributed by atoms with Gasteiger partial charge in [-0.25, -0.2) is 4.98 Å². The number of aryl methyl sites for hydroxylation is 1. The van der Waals surface area contributed by atoms with Crippen LogP contribution in [-0.4, -0.2) is 9.55 Å². The van der Waals surface area contributed by atoms with E-state index in [1.807, 2.05) is 63.3 Å². The number of nitrogens with zero attached hydrogens (tertiary/aromatic N) is 2. The fourth-order valence-electron chi connectivity index (χ4n) is 1.97. The van der Waals surface area contributed by atoms with Gasteiger partial charge in [-0.15, -0.1) is 0 Å². The average molecular weight is 240 g/mol. The highest BCUT2D eigenvalue weighted by atomic mass is 16.1. The Labute approximate surface area is 106 Å². The van der Waals surface area contributed by atoms with E-state index in [1.165, 1.54) is 0 Å². The van der Waals surface area contributed by atoms with Crippen molar-refractivity contribution in [3.8, 4) is 0 Å². The van der Waals surface area contributed by atoms with Crippen LogP contribution in [0.5, 0.6) is 0 Å². The summed E-state index contributed by atoms with van der Waals surface area (Å²) in [4.78, 5) is 16.9. The Morgan fingerprint density at radius 2 is 2.06 bits per heavy atom. The van der Waals surface area contributed by atoms with Gasteiger partial charge in [0.2, 0.25) is 0 Å². The second-order valence-electron chi connectivity index (χ2n) is 4.15. The number of allylic oxidation sites excluding steroid dienone is 4. The van der Waals surface area contributed by atoms with E-state index in [-0.39, 0.29) is 5.56 Å². The second kappa shape index (κ2) is 5.00. The zero-order valence-electron chi connectivity index (χ0n) is 10.8. The van der Waals surface area contributed by atoms with Crippen LogP contribution >= 0.6 is 0 Å². The lowest BCUT2D eigenvalue weighted by Crippen LogP contribution is -2.22. The lowest BCUT2D eigenvalue weighted by Gasteiger charge is -2.10. The number of fused-ring (bicyclic) bond motifs is 1. The fourth-order valence-corrected chi connectivity index (χ4v) is 1.97. The molecule has 0 unspecified atom stereocenters. The molecular formula is C15H16N2O. The third kappa shape index (κ3) is 2.12. The van der Waals surface area contributed by atoms with E-state index < -0.39 is 0 Å². The molecule has 0 bridgehead atoms. The standard InChI is InChI=1S/C15H16N2O/c1-4-5-8-11(2)17-12(3)16-14-10-7-6-9-13(14)15(17)18/h4-10H,1-3H3/b5-4-,11-8+. The molecule has 92 valence electrons. The Bertz CT molecular complexity index is 693. The molecule has 1 aromatic heterocycles. The van der Waals surface area contributed by atoms with Gasteiger partial charge in [-0.1, -0.05) is 24.3 Å². The van der Waals surface area contributed by atoms with Crippen LogP contribution in [-0.2, 0) is 0 Å². The minimum Gasteiger partial charge on any atom is -0.269 e. The molecule has 0 radical (unpaired) electrons. The van der Waals surface area contributed by atoms with E-state index in [0.29, 0.717) is 11.2 Å². The van der Waals surface area contributed by atoms with Crippen LogP contribution in [0.4, 0.5) is 0 Å². The summed E-state index contributed by atoms with van der Waals surface area (Å²) in [6, 6.07) is 7.42. The maximum atomic E-state index is 12.4. The molecule has 1 aromatic carbocycles. The van der Waals surface area contributed by atoms with Crippen LogP contribution in [0.2, 0.25) is 0 Å². The largest absolute Gasteiger partial charge is 0.269 e. The molecule has 0 saturated carbocycles. The Hall–Kier alpha value is -2.16. The molecule has 0 saturated heterocycles. The predicted octanol–water partition coefficient (Wildman–Crippen LogP) is 3.14. The third-order valence-corrected chi connectivity index (χ3v) is 2.83. The Morgan fingerprint density at radius 3 is 2.78 bits per heavy atom. The first-order chi connectivity index (χ1) is 8.65. The Kier molecular flexibility index (Phi) is 3.42. The fraction of sp³-hybridized carbons (Fsp3) is 0.200. The monoisotopic (exact) mass is 240 g/mol. The van der Waals surface area contributed by atoms with Gasteiger partial charge in [0, 0.05) is 5.70 Å². The summed E-state index contributed by atoms with van der Waals surface area (Å²) in [7, 11) is 0. The number of benzene rings is 1. The first-order valence-electron chi connectivity index (χ1n) is 5.93. The third-order valence-electron chi connectivity index (χ3n) is 2.83. The van der Waals surface area contributed by atoms with Crippen LogP contribution < -0.4 is 5.56 Å². The first kappa shape index (κ1) is 12.3. The van der Waals surface area contributed by atoms with Crippen molar-refractivity contribution < 1.29 is 0 Å². The normalized spacial score (nSPS) is 12.5. The zero-order chi connectivity index (χ0) is 13.1. The van der Waals surface area contributed by atoms with Gasteiger partial charge in [0.15, 0.2) is 0 Å². The molecule has 2 aromatic rings. The maximum absolute atomic E-state index is 12.4. The summed E-state index contributed by atoms with van der Waals surface area (Å²) in [5, 5.41) is 0.649. The van der Waals surface area contributed by atoms with Crippen molar-refractivity contribution in [3.05, 3.63) is 58.7 Å². The van der Waals surface area contributed by atoms with E-state index in [4.69, 9.17) is 0 Å². The number of hydrogen-bond acceptors (Lipinski definition) is 2. The van der Waals surface area contributed by atoms with Crippen molar-refractivity contribution in [3.63, 3.8) is 0 Å². The maximum Gasteiger partial charge on any atom is 0.265 e. The van der Waals surface area contributed by atoms with Crippen molar-refractivity contribution in [1.82, 2.24) is 9.55 Å². The van der Waals surface area contributed by atoms with Crippen LogP contribution in [0.1, 0.15) is 19.7 Å². The van der Waals surface area contributed by atoms with Crippen LogP contribution in [0.3, 0.4) is 0 Å². The van der Waals surface area contributed by atoms with E-state index >= 15 is 0 Å². The molecule has 0 aliphatic heterocycles. The number of aromatic nitrogens is 2. The summed E-state index contributed by atoms with van der Waals surface area (Å²) in [6.45, 7) is 5.70. The van der Waals surface area contributed by atoms with Gasteiger partial charge in [-0.3, -0.25) is 9.36 Å². The predicted molar refractivity (Wildman–Crippen MR) is 75.5 cm³/mol. The highest BCUT2D eigenvalue weighted by Gasteiger charge is 2.07. The number of para-hydroxylation sites is 1. The van der Waals surface area contributed by atoms with Crippen LogP contribution in [0.15, 0.2) is 47.3 Å². The second-order valence-corrected chi connectivity index (χ2v) is 4.15. The van der Waals surface area contributed by atoms with Gasteiger partial charge < -0.3 is 0 Å². The van der Waals surface area contributed by atoms with Crippen molar-refractivity contribution >= 4 is 16.6 Å². The zero-order valence-corrected chi connectivity index (χ0v) is 10.8. The lowest BCUT2D eigenvalue weighted by molar-refractivity contribution is 0.908. The van der Waals surface area contributed by atoms with E-state index in [1.54, 1.807) is 4.57 Å². The number of rotatable bonds is 2. The average Bonchev–Trinajstić information content (AvgIpc) is 2.36. The van der Waals surface area contributed by atoms with Crippen molar-refractivity contribution in [2.45, 2.75) is 20.8 Å². The minimum atomic E-state index is -0.0173. The molecule has 18 heavy (non-hydrogen) atoms. The molecule has 3 nitrogen and oxygen atoms in total. The summed E-state index contributed by atoms with van der Waals surface area (Å²) in [5.74, 6) is 0.706. The summed E-state index contributed by atoms with van der Waals surface area (Å²) >= 11 is 0. The smallest absolute Gasteiger partial charge is 0.265 e. The Balaban J connectivity index is 2.76. The molecule has 0 aliphatic rings. The topological polar surface area (TPSA) is 34.9 Å². The lowest BCUT2D eigenvalue weighted by atomic mass is 10.2. The molecular weight excluding hydrogens is 224 g/mol. The quantitative estimate of drug-likeness (QED) is 0.756. The van der Waals surface area contributed by atoms with Gasteiger partial charge in [0.25, 0.3) is 5.56 Å². The molecule has 2 rings (SSSR count). The van der Waals surface area contributed by atoms with Gasteiger partial charge in [0.05, 0.1) is 10.9 Å². The van der Waals surface area contributed by atoms with Gasteiger partial charge in [0.1, 0.15) is 5.82 Å². The van der Waals surface area contributed by atoms with Gasteiger partial charge in [-0.2, -0.15) is 0 Å². The molecule has 0 N–H and O–H groups in total. The van der Waals surface area contributed by atoms with Crippen LogP contribution in [0, 0.1) is 6.92 Å². The van der Waals surface area contributed by atoms with Crippen molar-refractivity contribution in [2.24, 2.45) is 0 Å². The molecule has 0 atom stereocenters. The molecule has 3 heteroatoms. The highest BCUT2D eigenvalue weighted by molar-refractivity contribution is 5.78. The Morgan fingerprint density at radius 1 is 1.33 bits per heavy atom. The summed E-state index contributed by atoms with van der Waals surface area (Å²) in [5.41, 5.74) is 1.60. The van der Waals surface area contributed by atoms with Gasteiger partial charge in [-0.05, 0) is 39.0 Å². The van der Waals surface area contributed by atoms with E-state index in [0.717, 1.165) is 11.2 Å². The van der Waals surface area contributed by atoms with Crippen LogP contribution in [0.25, 0.3) is 16.6 Å². The van der Waals surface area contributed by atoms with E-state index in [2.05, 4.69) is 4.98 Å². The highest BCUT2D eigenvalue weighted by Crippen LogP contribution is 2.10. The molecule has 0 aliphatic carbocycles. The minimum absolute atomic E-state index is 0.0173. The SMILES string of the molecule is C/C=C\C=C(/C)n1c(C)nc2ccccc2c1=O. The molecule has 0 amide bonds. The molecule has 0 spiro atoms. The van der Waals surface area contributed by atoms with E-state index in [9.17, 15) is 4.79 Å². The summed E-state index contributed by atoms with van der Waals surface area (Å²) < 4.78 is 1.64. The van der Waals surface area contributed by atoms with Crippen molar-refractivity contribution in [2.75, 3.05) is 0 Å².